The van der Waals surface area contributed by atoms with Gasteiger partial charge >= 0.3 is 6.01 Å². The Morgan fingerprint density at radius 3 is 2.75 bits per heavy atom. The molecule has 5 nitrogen and oxygen atoms in total. The van der Waals surface area contributed by atoms with Crippen LogP contribution < -0.4 is 4.74 Å². The van der Waals surface area contributed by atoms with Crippen LogP contribution in [0.5, 0.6) is 6.01 Å². The molecule has 0 bridgehead atoms. The number of hydrogen-bond acceptors (Lipinski definition) is 5. The van der Waals surface area contributed by atoms with Crippen molar-refractivity contribution in [2.24, 2.45) is 0 Å². The average Bonchev–Trinajstić information content (AvgIpc) is 2.27. The number of nitrogens with zero attached hydrogens (tertiary/aromatic N) is 2. The molecule has 0 aliphatic heterocycles. The quantitative estimate of drug-likeness (QED) is 0.606. The Hall–Kier alpha value is -0.590. The van der Waals surface area contributed by atoms with Crippen molar-refractivity contribution < 1.29 is 13.2 Å². The summed E-state index contributed by atoms with van der Waals surface area (Å²) in [6.07, 6.45) is 1.54. The molecule has 8 heteroatoms. The second kappa shape index (κ2) is 5.65. The molecule has 16 heavy (non-hydrogen) atoms. The molecule has 0 unspecified atom stereocenters. The van der Waals surface area contributed by atoms with Gasteiger partial charge in [0.1, 0.15) is 0 Å². The van der Waals surface area contributed by atoms with E-state index in [0.717, 1.165) is 0 Å². The fourth-order valence-corrected chi connectivity index (χ4v) is 3.01. The molecule has 0 aliphatic carbocycles. The lowest BCUT2D eigenvalue weighted by molar-refractivity contribution is 0.375. The Morgan fingerprint density at radius 1 is 1.50 bits per heavy atom. The van der Waals surface area contributed by atoms with Gasteiger partial charge in [0, 0.05) is 5.88 Å². The van der Waals surface area contributed by atoms with Crippen LogP contribution in [0, 0.1) is 0 Å². The van der Waals surface area contributed by atoms with Crippen molar-refractivity contribution >= 4 is 33.0 Å². The van der Waals surface area contributed by atoms with E-state index in [1.165, 1.54) is 13.3 Å². The summed E-state index contributed by atoms with van der Waals surface area (Å²) < 4.78 is 28.3. The maximum absolute atomic E-state index is 11.8. The summed E-state index contributed by atoms with van der Waals surface area (Å²) in [4.78, 5) is 7.41. The minimum atomic E-state index is -3.53. The number of methoxy groups -OCH3 is 1. The molecule has 1 rings (SSSR count). The van der Waals surface area contributed by atoms with Crippen molar-refractivity contribution in [1.29, 1.82) is 0 Å². The maximum atomic E-state index is 11.8. The number of alkyl halides is 1. The van der Waals surface area contributed by atoms with Crippen LogP contribution in [0.1, 0.15) is 6.42 Å². The summed E-state index contributed by atoms with van der Waals surface area (Å²) in [5.41, 5.74) is 0. The second-order valence-electron chi connectivity index (χ2n) is 2.87. The SMILES string of the molecule is COc1ncc(Cl)c(S(=O)(=O)CCCCl)n1. The third-order valence-corrected chi connectivity index (χ3v) is 4.10. The summed E-state index contributed by atoms with van der Waals surface area (Å²) in [5, 5.41) is -0.235. The Bertz CT molecular complexity index is 464. The molecular formula is C8H10Cl2N2O3S. The van der Waals surface area contributed by atoms with E-state index in [9.17, 15) is 8.42 Å². The van der Waals surface area contributed by atoms with E-state index >= 15 is 0 Å². The molecule has 0 saturated carbocycles. The minimum absolute atomic E-state index is 0.0182. The molecule has 90 valence electrons. The Labute approximate surface area is 104 Å². The van der Waals surface area contributed by atoms with Crippen molar-refractivity contribution in [3.8, 4) is 6.01 Å². The lowest BCUT2D eigenvalue weighted by atomic mass is 10.6. The molecule has 0 fully saturated rings. The molecule has 1 aromatic heterocycles. The fourth-order valence-electron chi connectivity index (χ4n) is 0.994. The highest BCUT2D eigenvalue weighted by atomic mass is 35.5. The third kappa shape index (κ3) is 3.20. The van der Waals surface area contributed by atoms with Crippen LogP contribution in [0.4, 0.5) is 0 Å². The predicted molar refractivity (Wildman–Crippen MR) is 61.0 cm³/mol. The second-order valence-corrected chi connectivity index (χ2v) is 5.68. The molecule has 0 N–H and O–H groups in total. The molecular weight excluding hydrogens is 275 g/mol. The molecule has 0 aromatic carbocycles. The van der Waals surface area contributed by atoms with E-state index in [0.29, 0.717) is 6.42 Å². The van der Waals surface area contributed by atoms with Crippen molar-refractivity contribution in [3.63, 3.8) is 0 Å². The van der Waals surface area contributed by atoms with Gasteiger partial charge in [0.2, 0.25) is 0 Å². The lowest BCUT2D eigenvalue weighted by Crippen LogP contribution is -2.11. The van der Waals surface area contributed by atoms with Crippen molar-refractivity contribution in [2.75, 3.05) is 18.7 Å². The zero-order chi connectivity index (χ0) is 12.2. The van der Waals surface area contributed by atoms with Crippen LogP contribution in [0.15, 0.2) is 11.2 Å². The molecule has 0 radical (unpaired) electrons. The molecule has 0 atom stereocenters. The van der Waals surface area contributed by atoms with E-state index in [1.54, 1.807) is 0 Å². The van der Waals surface area contributed by atoms with Crippen LogP contribution in [0.2, 0.25) is 5.02 Å². The molecule has 0 spiro atoms. The van der Waals surface area contributed by atoms with Gasteiger partial charge < -0.3 is 4.74 Å². The van der Waals surface area contributed by atoms with Gasteiger partial charge in [-0.25, -0.2) is 13.4 Å². The molecule has 0 aliphatic rings. The predicted octanol–water partition coefficient (Wildman–Crippen LogP) is 1.54. The van der Waals surface area contributed by atoms with Gasteiger partial charge in [-0.15, -0.1) is 11.6 Å². The zero-order valence-electron chi connectivity index (χ0n) is 8.48. The van der Waals surface area contributed by atoms with Crippen LogP contribution in [0.25, 0.3) is 0 Å². The number of halogens is 2. The van der Waals surface area contributed by atoms with Crippen LogP contribution in [0.3, 0.4) is 0 Å². The largest absolute Gasteiger partial charge is 0.467 e. The van der Waals surface area contributed by atoms with E-state index < -0.39 is 9.84 Å². The Kier molecular flexibility index (Phi) is 4.76. The summed E-state index contributed by atoms with van der Waals surface area (Å²) in [6, 6.07) is -0.0335. The third-order valence-electron chi connectivity index (χ3n) is 1.71. The Morgan fingerprint density at radius 2 is 2.19 bits per heavy atom. The zero-order valence-corrected chi connectivity index (χ0v) is 10.8. The number of aromatic nitrogens is 2. The first kappa shape index (κ1) is 13.5. The highest BCUT2D eigenvalue weighted by Crippen LogP contribution is 2.21. The summed E-state index contributed by atoms with van der Waals surface area (Å²) in [6.45, 7) is 0. The first-order valence-corrected chi connectivity index (χ1v) is 6.93. The molecule has 1 aromatic rings. The average molecular weight is 285 g/mol. The van der Waals surface area contributed by atoms with E-state index in [1.807, 2.05) is 0 Å². The maximum Gasteiger partial charge on any atom is 0.317 e. The normalized spacial score (nSPS) is 11.4. The van der Waals surface area contributed by atoms with Gasteiger partial charge in [0.25, 0.3) is 0 Å². The topological polar surface area (TPSA) is 69.2 Å². The van der Waals surface area contributed by atoms with Crippen molar-refractivity contribution in [2.45, 2.75) is 11.4 Å². The van der Waals surface area contributed by atoms with Gasteiger partial charge in [0.15, 0.2) is 14.9 Å². The summed E-state index contributed by atoms with van der Waals surface area (Å²) in [7, 11) is -2.19. The first-order valence-electron chi connectivity index (χ1n) is 4.36. The van der Waals surface area contributed by atoms with Gasteiger partial charge in [0.05, 0.1) is 24.1 Å². The Balaban J connectivity index is 3.11. The minimum Gasteiger partial charge on any atom is -0.467 e. The van der Waals surface area contributed by atoms with Crippen LogP contribution >= 0.6 is 23.2 Å². The van der Waals surface area contributed by atoms with Gasteiger partial charge in [-0.1, -0.05) is 11.6 Å². The summed E-state index contributed by atoms with van der Waals surface area (Å²) >= 11 is 11.2. The highest BCUT2D eigenvalue weighted by Gasteiger charge is 2.21. The number of rotatable bonds is 5. The monoisotopic (exact) mass is 284 g/mol. The van der Waals surface area contributed by atoms with Gasteiger partial charge in [-0.3, -0.25) is 0 Å². The first-order chi connectivity index (χ1) is 7.51. The number of hydrogen-bond donors (Lipinski definition) is 0. The molecule has 0 saturated heterocycles. The van der Waals surface area contributed by atoms with Gasteiger partial charge in [-0.2, -0.15) is 4.98 Å². The number of sulfone groups is 1. The standard InChI is InChI=1S/C8H10Cl2N2O3S/c1-15-8-11-5-6(10)7(12-8)16(13,14)4-2-3-9/h5H,2-4H2,1H3. The summed E-state index contributed by atoms with van der Waals surface area (Å²) in [5.74, 6) is 0.162. The highest BCUT2D eigenvalue weighted by molar-refractivity contribution is 7.91. The molecule has 1 heterocycles. The van der Waals surface area contributed by atoms with E-state index in [-0.39, 0.29) is 27.7 Å². The van der Waals surface area contributed by atoms with Crippen molar-refractivity contribution in [3.05, 3.63) is 11.2 Å². The van der Waals surface area contributed by atoms with Crippen molar-refractivity contribution in [1.82, 2.24) is 9.97 Å². The lowest BCUT2D eigenvalue weighted by Gasteiger charge is -2.05. The number of ether oxygens (including phenoxy) is 1. The van der Waals surface area contributed by atoms with Crippen LogP contribution in [-0.4, -0.2) is 37.1 Å². The molecule has 0 amide bonds. The van der Waals surface area contributed by atoms with Crippen LogP contribution in [-0.2, 0) is 9.84 Å². The van der Waals surface area contributed by atoms with E-state index in [4.69, 9.17) is 27.9 Å². The fraction of sp³-hybridized carbons (Fsp3) is 0.500. The smallest absolute Gasteiger partial charge is 0.317 e. The van der Waals surface area contributed by atoms with E-state index in [2.05, 4.69) is 9.97 Å². The van der Waals surface area contributed by atoms with Gasteiger partial charge in [-0.05, 0) is 6.42 Å².